The second-order valence-corrected chi connectivity index (χ2v) is 7.18. The maximum atomic E-state index is 12.8. The van der Waals surface area contributed by atoms with Gasteiger partial charge in [-0.05, 0) is 34.9 Å². The van der Waals surface area contributed by atoms with E-state index in [9.17, 15) is 14.9 Å². The van der Waals surface area contributed by atoms with Crippen LogP contribution >= 0.6 is 0 Å². The molecule has 150 valence electrons. The standard InChI is InChI=1S/C25H23N3O2/c1-28(2)25(30)23(16-18-8-4-3-5-9-18)27-24(29)20-14-12-19(13-15-20)22-11-7-6-10-21(22)17-26/h3-15,23H,16H2,1-2H3,(H,27,29)/t23-/m1/s1. The monoisotopic (exact) mass is 397 g/mol. The van der Waals surface area contributed by atoms with Gasteiger partial charge >= 0.3 is 0 Å². The Morgan fingerprint density at radius 3 is 2.20 bits per heavy atom. The summed E-state index contributed by atoms with van der Waals surface area (Å²) in [4.78, 5) is 26.9. The smallest absolute Gasteiger partial charge is 0.251 e. The highest BCUT2D eigenvalue weighted by atomic mass is 16.2. The number of carbonyl (C=O) groups is 2. The fraction of sp³-hybridized carbons (Fsp3) is 0.160. The molecule has 0 spiro atoms. The van der Waals surface area contributed by atoms with Gasteiger partial charge in [0.05, 0.1) is 11.6 Å². The van der Waals surface area contributed by atoms with Gasteiger partial charge in [-0.3, -0.25) is 9.59 Å². The number of nitrogens with zero attached hydrogens (tertiary/aromatic N) is 2. The Kier molecular flexibility index (Phi) is 6.61. The first-order valence-corrected chi connectivity index (χ1v) is 9.65. The van der Waals surface area contributed by atoms with Gasteiger partial charge in [0.25, 0.3) is 5.91 Å². The Hall–Kier alpha value is -3.91. The van der Waals surface area contributed by atoms with E-state index in [2.05, 4.69) is 11.4 Å². The average molecular weight is 397 g/mol. The van der Waals surface area contributed by atoms with Crippen molar-refractivity contribution < 1.29 is 9.59 Å². The molecule has 5 heteroatoms. The molecule has 1 N–H and O–H groups in total. The first-order valence-electron chi connectivity index (χ1n) is 9.65. The van der Waals surface area contributed by atoms with Gasteiger partial charge in [0.2, 0.25) is 5.91 Å². The van der Waals surface area contributed by atoms with E-state index in [1.54, 1.807) is 32.3 Å². The van der Waals surface area contributed by atoms with Crippen molar-refractivity contribution in [3.05, 3.63) is 95.6 Å². The lowest BCUT2D eigenvalue weighted by Gasteiger charge is -2.22. The summed E-state index contributed by atoms with van der Waals surface area (Å²) in [5.74, 6) is -0.474. The maximum absolute atomic E-state index is 12.8. The molecule has 0 bridgehead atoms. The van der Waals surface area contributed by atoms with E-state index in [-0.39, 0.29) is 11.8 Å². The highest BCUT2D eigenvalue weighted by molar-refractivity contribution is 5.98. The average Bonchev–Trinajstić information content (AvgIpc) is 2.78. The van der Waals surface area contributed by atoms with Crippen molar-refractivity contribution in [2.45, 2.75) is 12.5 Å². The molecule has 0 unspecified atom stereocenters. The largest absolute Gasteiger partial charge is 0.347 e. The van der Waals surface area contributed by atoms with E-state index in [1.807, 2.05) is 60.7 Å². The fourth-order valence-corrected chi connectivity index (χ4v) is 3.24. The molecule has 0 saturated carbocycles. The van der Waals surface area contributed by atoms with Crippen molar-refractivity contribution >= 4 is 11.8 Å². The summed E-state index contributed by atoms with van der Waals surface area (Å²) in [5, 5.41) is 12.2. The minimum absolute atomic E-state index is 0.160. The Balaban J connectivity index is 1.78. The molecule has 1 atom stereocenters. The molecule has 5 nitrogen and oxygen atoms in total. The van der Waals surface area contributed by atoms with Crippen molar-refractivity contribution in [3.63, 3.8) is 0 Å². The Morgan fingerprint density at radius 2 is 1.57 bits per heavy atom. The normalized spacial score (nSPS) is 11.2. The predicted octanol–water partition coefficient (Wildman–Crippen LogP) is 3.65. The molecule has 0 saturated heterocycles. The Bertz CT molecular complexity index is 1070. The first kappa shape index (κ1) is 20.8. The summed E-state index contributed by atoms with van der Waals surface area (Å²) in [6, 6.07) is 25.5. The third kappa shape index (κ3) is 4.92. The van der Waals surface area contributed by atoms with Crippen molar-refractivity contribution in [1.82, 2.24) is 10.2 Å². The number of amides is 2. The van der Waals surface area contributed by atoms with Crippen LogP contribution in [0.2, 0.25) is 0 Å². The van der Waals surface area contributed by atoms with Crippen LogP contribution < -0.4 is 5.32 Å². The zero-order valence-electron chi connectivity index (χ0n) is 17.0. The SMILES string of the molecule is CN(C)C(=O)[C@@H](Cc1ccccc1)NC(=O)c1ccc(-c2ccccc2C#N)cc1. The molecule has 3 aromatic rings. The third-order valence-corrected chi connectivity index (χ3v) is 4.83. The minimum Gasteiger partial charge on any atom is -0.347 e. The van der Waals surface area contributed by atoms with E-state index in [0.29, 0.717) is 17.5 Å². The molecule has 0 aliphatic heterocycles. The van der Waals surface area contributed by atoms with Gasteiger partial charge in [-0.25, -0.2) is 0 Å². The number of nitrogens with one attached hydrogen (secondary N) is 1. The second kappa shape index (κ2) is 9.53. The molecule has 0 heterocycles. The van der Waals surface area contributed by atoms with Crippen molar-refractivity contribution in [3.8, 4) is 17.2 Å². The molecule has 0 radical (unpaired) electrons. The quantitative estimate of drug-likeness (QED) is 0.690. The van der Waals surface area contributed by atoms with E-state index in [1.165, 1.54) is 4.90 Å². The number of benzene rings is 3. The molecular weight excluding hydrogens is 374 g/mol. The summed E-state index contributed by atoms with van der Waals surface area (Å²) >= 11 is 0. The molecule has 0 aliphatic carbocycles. The van der Waals surface area contributed by atoms with Crippen LogP contribution in [0.25, 0.3) is 11.1 Å². The zero-order chi connectivity index (χ0) is 21.5. The molecule has 2 amide bonds. The van der Waals surface area contributed by atoms with Gasteiger partial charge in [0, 0.05) is 26.1 Å². The maximum Gasteiger partial charge on any atom is 0.251 e. The van der Waals surface area contributed by atoms with E-state index < -0.39 is 6.04 Å². The molecule has 3 rings (SSSR count). The number of hydrogen-bond acceptors (Lipinski definition) is 3. The van der Waals surface area contributed by atoms with Gasteiger partial charge in [-0.15, -0.1) is 0 Å². The summed E-state index contributed by atoms with van der Waals surface area (Å²) in [5.41, 5.74) is 3.68. The van der Waals surface area contributed by atoms with Crippen molar-refractivity contribution in [2.24, 2.45) is 0 Å². The van der Waals surface area contributed by atoms with Gasteiger partial charge < -0.3 is 10.2 Å². The highest BCUT2D eigenvalue weighted by Gasteiger charge is 2.23. The minimum atomic E-state index is -0.658. The lowest BCUT2D eigenvalue weighted by molar-refractivity contribution is -0.130. The van der Waals surface area contributed by atoms with Crippen LogP contribution in [0.5, 0.6) is 0 Å². The summed E-state index contributed by atoms with van der Waals surface area (Å²) in [6.07, 6.45) is 0.414. The lowest BCUT2D eigenvalue weighted by Crippen LogP contribution is -2.47. The summed E-state index contributed by atoms with van der Waals surface area (Å²) in [7, 11) is 3.35. The number of rotatable bonds is 6. The highest BCUT2D eigenvalue weighted by Crippen LogP contribution is 2.23. The fourth-order valence-electron chi connectivity index (χ4n) is 3.24. The number of likely N-dealkylation sites (N-methyl/N-ethyl adjacent to an activating group) is 1. The molecule has 0 aromatic heterocycles. The van der Waals surface area contributed by atoms with Gasteiger partial charge in [-0.2, -0.15) is 5.26 Å². The Labute approximate surface area is 176 Å². The van der Waals surface area contributed by atoms with Crippen LogP contribution in [0.4, 0.5) is 0 Å². The summed E-state index contributed by atoms with van der Waals surface area (Å²) < 4.78 is 0. The molecule has 0 fully saturated rings. The van der Waals surface area contributed by atoms with Crippen LogP contribution in [0.15, 0.2) is 78.9 Å². The van der Waals surface area contributed by atoms with Crippen LogP contribution in [0.3, 0.4) is 0 Å². The van der Waals surface area contributed by atoms with Crippen LogP contribution in [-0.4, -0.2) is 36.9 Å². The van der Waals surface area contributed by atoms with E-state index >= 15 is 0 Å². The number of nitriles is 1. The zero-order valence-corrected chi connectivity index (χ0v) is 17.0. The topological polar surface area (TPSA) is 73.2 Å². The van der Waals surface area contributed by atoms with Crippen molar-refractivity contribution in [2.75, 3.05) is 14.1 Å². The second-order valence-electron chi connectivity index (χ2n) is 7.18. The van der Waals surface area contributed by atoms with Crippen LogP contribution in [-0.2, 0) is 11.2 Å². The molecule has 0 aliphatic rings. The molecule has 30 heavy (non-hydrogen) atoms. The molecular formula is C25H23N3O2. The van der Waals surface area contributed by atoms with Gasteiger partial charge in [-0.1, -0.05) is 60.7 Å². The lowest BCUT2D eigenvalue weighted by atomic mass is 9.99. The summed E-state index contributed by atoms with van der Waals surface area (Å²) in [6.45, 7) is 0. The third-order valence-electron chi connectivity index (χ3n) is 4.83. The number of hydrogen-bond donors (Lipinski definition) is 1. The van der Waals surface area contributed by atoms with Gasteiger partial charge in [0.1, 0.15) is 6.04 Å². The van der Waals surface area contributed by atoms with Crippen LogP contribution in [0.1, 0.15) is 21.5 Å². The Morgan fingerprint density at radius 1 is 0.933 bits per heavy atom. The van der Waals surface area contributed by atoms with Crippen molar-refractivity contribution in [1.29, 1.82) is 5.26 Å². The number of carbonyl (C=O) groups excluding carboxylic acids is 2. The van der Waals surface area contributed by atoms with E-state index in [0.717, 1.165) is 16.7 Å². The first-order chi connectivity index (χ1) is 14.5. The van der Waals surface area contributed by atoms with Gasteiger partial charge in [0.15, 0.2) is 0 Å². The predicted molar refractivity (Wildman–Crippen MR) is 117 cm³/mol. The van der Waals surface area contributed by atoms with Crippen LogP contribution in [0, 0.1) is 11.3 Å². The van der Waals surface area contributed by atoms with E-state index in [4.69, 9.17) is 0 Å². The molecule has 3 aromatic carbocycles.